The first kappa shape index (κ1) is 16.3. The molecule has 0 saturated carbocycles. The predicted molar refractivity (Wildman–Crippen MR) is 81.1 cm³/mol. The number of rotatable bonds is 6. The Bertz CT molecular complexity index is 552. The summed E-state index contributed by atoms with van der Waals surface area (Å²) < 4.78 is 10.6. The van der Waals surface area contributed by atoms with Gasteiger partial charge in [-0.3, -0.25) is 9.69 Å². The number of carbonyl (C=O) groups is 2. The van der Waals surface area contributed by atoms with Crippen LogP contribution in [0.5, 0.6) is 5.75 Å². The van der Waals surface area contributed by atoms with Crippen LogP contribution in [0.1, 0.15) is 20.8 Å². The quantitative estimate of drug-likeness (QED) is 0.870. The third-order valence-electron chi connectivity index (χ3n) is 3.78. The van der Waals surface area contributed by atoms with Crippen LogP contribution in [0.25, 0.3) is 0 Å². The minimum Gasteiger partial charge on any atom is -0.493 e. The van der Waals surface area contributed by atoms with Crippen LogP contribution in [-0.4, -0.2) is 42.8 Å². The van der Waals surface area contributed by atoms with Crippen molar-refractivity contribution in [2.75, 3.05) is 24.7 Å². The lowest BCUT2D eigenvalue weighted by Gasteiger charge is -2.21. The highest BCUT2D eigenvalue weighted by Gasteiger charge is 2.31. The molecule has 1 aromatic carbocycles. The van der Waals surface area contributed by atoms with Crippen LogP contribution in [0.4, 0.5) is 10.5 Å². The Morgan fingerprint density at radius 1 is 1.41 bits per heavy atom. The van der Waals surface area contributed by atoms with E-state index < -0.39 is 17.6 Å². The van der Waals surface area contributed by atoms with Gasteiger partial charge >= 0.3 is 6.09 Å². The van der Waals surface area contributed by atoms with Crippen LogP contribution < -0.4 is 9.64 Å². The maximum atomic E-state index is 11.7. The minimum atomic E-state index is -0.536. The monoisotopic (exact) mass is 307 g/mol. The summed E-state index contributed by atoms with van der Waals surface area (Å²) in [7, 11) is 0. The third kappa shape index (κ3) is 3.57. The van der Waals surface area contributed by atoms with Gasteiger partial charge in [-0.2, -0.15) is 0 Å². The highest BCUT2D eigenvalue weighted by molar-refractivity contribution is 5.89. The van der Waals surface area contributed by atoms with E-state index in [0.29, 0.717) is 24.6 Å². The number of ether oxygens (including phenoxy) is 2. The summed E-state index contributed by atoms with van der Waals surface area (Å²) in [6.45, 7) is 5.64. The molecule has 1 aliphatic heterocycles. The van der Waals surface area contributed by atoms with Gasteiger partial charge in [-0.25, -0.2) is 4.79 Å². The summed E-state index contributed by atoms with van der Waals surface area (Å²) in [6.07, 6.45) is -0.953. The summed E-state index contributed by atoms with van der Waals surface area (Å²) in [5.41, 5.74) is 0.144. The molecule has 0 bridgehead atoms. The van der Waals surface area contributed by atoms with Gasteiger partial charge in [0.15, 0.2) is 0 Å². The molecule has 0 unspecified atom stereocenters. The fourth-order valence-corrected chi connectivity index (χ4v) is 1.92. The number of Topliss-reactive ketones (excluding diaryl/α,β-unsaturated/α-hetero) is 1. The van der Waals surface area contributed by atoms with Crippen molar-refractivity contribution in [2.24, 2.45) is 5.41 Å². The van der Waals surface area contributed by atoms with Crippen molar-refractivity contribution < 1.29 is 24.2 Å². The lowest BCUT2D eigenvalue weighted by molar-refractivity contribution is -0.126. The molecule has 1 amide bonds. The average Bonchev–Trinajstić information content (AvgIpc) is 2.87. The molecule has 0 aromatic heterocycles. The summed E-state index contributed by atoms with van der Waals surface area (Å²) in [6, 6.07) is 6.98. The fourth-order valence-electron chi connectivity index (χ4n) is 1.92. The molecule has 22 heavy (non-hydrogen) atoms. The molecule has 2 rings (SSSR count). The van der Waals surface area contributed by atoms with Crippen molar-refractivity contribution in [1.29, 1.82) is 0 Å². The Balaban J connectivity index is 1.99. The number of aliphatic hydroxyl groups is 1. The van der Waals surface area contributed by atoms with Crippen molar-refractivity contribution in [1.82, 2.24) is 0 Å². The number of nitrogens with zero attached hydrogens (tertiary/aromatic N) is 1. The maximum Gasteiger partial charge on any atom is 0.414 e. The number of ketones is 1. The van der Waals surface area contributed by atoms with Gasteiger partial charge in [-0.15, -0.1) is 0 Å². The molecule has 1 heterocycles. The van der Waals surface area contributed by atoms with Gasteiger partial charge in [-0.05, 0) is 45.0 Å². The van der Waals surface area contributed by atoms with Crippen molar-refractivity contribution in [2.45, 2.75) is 26.9 Å². The van der Waals surface area contributed by atoms with Crippen LogP contribution in [0.15, 0.2) is 24.3 Å². The highest BCUT2D eigenvalue weighted by atomic mass is 16.6. The standard InChI is InChI=1S/C16H21NO5/c1-11(19)16(2,3)10-21-13-6-4-12(5-7-13)17-8-14(9-18)22-15(17)20/h4-7,14,18H,8-10H2,1-3H3/t14-/m1/s1. The molecule has 0 radical (unpaired) electrons. The van der Waals surface area contributed by atoms with Crippen molar-refractivity contribution in [3.05, 3.63) is 24.3 Å². The summed E-state index contributed by atoms with van der Waals surface area (Å²) >= 11 is 0. The lowest BCUT2D eigenvalue weighted by Crippen LogP contribution is -2.29. The van der Waals surface area contributed by atoms with Gasteiger partial charge in [0.05, 0.1) is 18.6 Å². The second kappa shape index (κ2) is 6.36. The van der Waals surface area contributed by atoms with Crippen LogP contribution in [0.3, 0.4) is 0 Å². The number of cyclic esters (lactones) is 1. The Kier molecular flexibility index (Phi) is 4.71. The van der Waals surface area contributed by atoms with E-state index in [9.17, 15) is 9.59 Å². The Hall–Kier alpha value is -2.08. The topological polar surface area (TPSA) is 76.1 Å². The van der Waals surface area contributed by atoms with E-state index in [2.05, 4.69) is 0 Å². The molecule has 1 atom stereocenters. The van der Waals surface area contributed by atoms with Gasteiger partial charge in [0.2, 0.25) is 0 Å². The number of hydrogen-bond acceptors (Lipinski definition) is 5. The lowest BCUT2D eigenvalue weighted by atomic mass is 9.90. The third-order valence-corrected chi connectivity index (χ3v) is 3.78. The average molecular weight is 307 g/mol. The predicted octanol–water partition coefficient (Wildman–Crippen LogP) is 2.00. The number of anilines is 1. The van der Waals surface area contributed by atoms with Crippen LogP contribution in [0, 0.1) is 5.41 Å². The second-order valence-corrected chi connectivity index (χ2v) is 6.02. The molecule has 120 valence electrons. The van der Waals surface area contributed by atoms with Gasteiger partial charge in [0, 0.05) is 5.69 Å². The van der Waals surface area contributed by atoms with E-state index in [1.807, 2.05) is 13.8 Å². The van der Waals surface area contributed by atoms with Crippen molar-refractivity contribution in [3.63, 3.8) is 0 Å². The largest absolute Gasteiger partial charge is 0.493 e. The van der Waals surface area contributed by atoms with E-state index in [1.165, 1.54) is 4.90 Å². The molecule has 6 nitrogen and oxygen atoms in total. The molecule has 1 saturated heterocycles. The van der Waals surface area contributed by atoms with Crippen molar-refractivity contribution in [3.8, 4) is 5.75 Å². The first-order valence-electron chi connectivity index (χ1n) is 7.16. The minimum absolute atomic E-state index is 0.0685. The normalized spacial score (nSPS) is 18.3. The van der Waals surface area contributed by atoms with Crippen LogP contribution >= 0.6 is 0 Å². The zero-order chi connectivity index (χ0) is 16.3. The Morgan fingerprint density at radius 2 is 2.05 bits per heavy atom. The molecule has 0 aliphatic carbocycles. The zero-order valence-electron chi connectivity index (χ0n) is 13.0. The summed E-state index contributed by atoms with van der Waals surface area (Å²) in [5.74, 6) is 0.698. The van der Waals surface area contributed by atoms with Crippen molar-refractivity contribution >= 4 is 17.6 Å². The number of aliphatic hydroxyl groups excluding tert-OH is 1. The fraction of sp³-hybridized carbons (Fsp3) is 0.500. The molecular formula is C16H21NO5. The molecule has 1 aromatic rings. The SMILES string of the molecule is CC(=O)C(C)(C)COc1ccc(N2C[C@H](CO)OC2=O)cc1. The van der Waals surface area contributed by atoms with E-state index in [-0.39, 0.29) is 12.4 Å². The number of benzene rings is 1. The van der Waals surface area contributed by atoms with E-state index in [4.69, 9.17) is 14.6 Å². The van der Waals surface area contributed by atoms with E-state index in [0.717, 1.165) is 0 Å². The Labute approximate surface area is 129 Å². The van der Waals surface area contributed by atoms with Gasteiger partial charge in [0.1, 0.15) is 24.2 Å². The highest BCUT2D eigenvalue weighted by Crippen LogP contribution is 2.25. The molecule has 0 spiro atoms. The molecule has 6 heteroatoms. The van der Waals surface area contributed by atoms with Crippen LogP contribution in [0.2, 0.25) is 0 Å². The smallest absolute Gasteiger partial charge is 0.414 e. The maximum absolute atomic E-state index is 11.7. The molecule has 1 N–H and O–H groups in total. The first-order valence-corrected chi connectivity index (χ1v) is 7.16. The number of carbonyl (C=O) groups excluding carboxylic acids is 2. The van der Waals surface area contributed by atoms with Gasteiger partial charge in [-0.1, -0.05) is 0 Å². The second-order valence-electron chi connectivity index (χ2n) is 6.02. The summed E-state index contributed by atoms with van der Waals surface area (Å²) in [5, 5.41) is 9.03. The zero-order valence-corrected chi connectivity index (χ0v) is 13.0. The Morgan fingerprint density at radius 3 is 2.55 bits per heavy atom. The van der Waals surface area contributed by atoms with E-state index >= 15 is 0 Å². The number of amides is 1. The number of hydrogen-bond donors (Lipinski definition) is 1. The van der Waals surface area contributed by atoms with E-state index in [1.54, 1.807) is 31.2 Å². The van der Waals surface area contributed by atoms with Gasteiger partial charge < -0.3 is 14.6 Å². The molecule has 1 fully saturated rings. The molecular weight excluding hydrogens is 286 g/mol. The molecule has 1 aliphatic rings. The van der Waals surface area contributed by atoms with Crippen LogP contribution in [-0.2, 0) is 9.53 Å². The van der Waals surface area contributed by atoms with Gasteiger partial charge in [0.25, 0.3) is 0 Å². The first-order chi connectivity index (χ1) is 10.3. The summed E-state index contributed by atoms with van der Waals surface area (Å²) in [4.78, 5) is 24.6.